The van der Waals surface area contributed by atoms with Gasteiger partial charge >= 0.3 is 5.97 Å². The summed E-state index contributed by atoms with van der Waals surface area (Å²) in [6, 6.07) is 11.3. The molecule has 1 saturated heterocycles. The van der Waals surface area contributed by atoms with Crippen molar-refractivity contribution in [1.29, 1.82) is 5.26 Å². The summed E-state index contributed by atoms with van der Waals surface area (Å²) in [5, 5.41) is 12.4. The molecule has 10 nitrogen and oxygen atoms in total. The standard InChI is InChI=1S/C28H29ClFN5O5/c1-3-39-24-11-23(35-15-18(12-31)25(32)26(35)28(37)38-2)22(29)10-21(24)27(36)33-13-20-16-34(8-9-40-20)14-17-4-6-19(30)7-5-17/h4-7,10-11,15,20H,3,8-9,13-14,16,32H2,1-2H3,(H,33,36). The van der Waals surface area contributed by atoms with Gasteiger partial charge in [-0.2, -0.15) is 5.26 Å². The van der Waals surface area contributed by atoms with Gasteiger partial charge < -0.3 is 29.8 Å². The lowest BCUT2D eigenvalue weighted by Gasteiger charge is -2.33. The smallest absolute Gasteiger partial charge is 0.357 e. The lowest BCUT2D eigenvalue weighted by molar-refractivity contribution is -0.0292. The van der Waals surface area contributed by atoms with Gasteiger partial charge in [0, 0.05) is 38.4 Å². The van der Waals surface area contributed by atoms with Crippen LogP contribution in [0.25, 0.3) is 5.69 Å². The molecule has 3 aromatic rings. The quantitative estimate of drug-likeness (QED) is 0.374. The first-order valence-corrected chi connectivity index (χ1v) is 13.0. The summed E-state index contributed by atoms with van der Waals surface area (Å²) in [5.41, 5.74) is 7.42. The predicted octanol–water partition coefficient (Wildman–Crippen LogP) is 3.54. The van der Waals surface area contributed by atoms with Crippen molar-refractivity contribution in [2.45, 2.75) is 19.6 Å². The minimum atomic E-state index is -0.754. The molecule has 1 unspecified atom stereocenters. The molecule has 1 amide bonds. The molecular formula is C28H29ClFN5O5. The molecule has 1 atom stereocenters. The van der Waals surface area contributed by atoms with E-state index in [0.717, 1.165) is 12.1 Å². The number of nitrogens with one attached hydrogen (secondary N) is 1. The van der Waals surface area contributed by atoms with Gasteiger partial charge in [-0.05, 0) is 30.7 Å². The van der Waals surface area contributed by atoms with Gasteiger partial charge in [0.05, 0.1) is 54.0 Å². The number of halogens is 2. The van der Waals surface area contributed by atoms with E-state index in [1.54, 1.807) is 19.1 Å². The van der Waals surface area contributed by atoms with E-state index < -0.39 is 11.9 Å². The van der Waals surface area contributed by atoms with Gasteiger partial charge in [0.25, 0.3) is 5.91 Å². The average Bonchev–Trinajstić information content (AvgIpc) is 3.29. The Hall–Kier alpha value is -4.11. The molecule has 1 aliphatic rings. The SMILES string of the molecule is CCOc1cc(-n2cc(C#N)c(N)c2C(=O)OC)c(Cl)cc1C(=O)NCC1CN(Cc2ccc(F)cc2)CCO1. The molecule has 210 valence electrons. The zero-order chi connectivity index (χ0) is 28.8. The fourth-order valence-corrected chi connectivity index (χ4v) is 4.74. The van der Waals surface area contributed by atoms with Crippen LogP contribution in [0, 0.1) is 17.1 Å². The maximum atomic E-state index is 13.2. The van der Waals surface area contributed by atoms with Crippen molar-refractivity contribution in [1.82, 2.24) is 14.8 Å². The number of nitrogens with zero attached hydrogens (tertiary/aromatic N) is 3. The van der Waals surface area contributed by atoms with Crippen LogP contribution in [0.5, 0.6) is 5.75 Å². The van der Waals surface area contributed by atoms with E-state index in [9.17, 15) is 19.2 Å². The zero-order valence-corrected chi connectivity index (χ0v) is 22.8. The second-order valence-corrected chi connectivity index (χ2v) is 9.48. The summed E-state index contributed by atoms with van der Waals surface area (Å²) >= 11 is 6.57. The van der Waals surface area contributed by atoms with E-state index >= 15 is 0 Å². The van der Waals surface area contributed by atoms with Gasteiger partial charge in [-0.25, -0.2) is 9.18 Å². The van der Waals surface area contributed by atoms with E-state index in [4.69, 9.17) is 31.5 Å². The van der Waals surface area contributed by atoms with Crippen molar-refractivity contribution in [2.24, 2.45) is 0 Å². The second-order valence-electron chi connectivity index (χ2n) is 9.08. The van der Waals surface area contributed by atoms with Gasteiger partial charge in [0.2, 0.25) is 0 Å². The van der Waals surface area contributed by atoms with Gasteiger partial charge in [-0.15, -0.1) is 0 Å². The van der Waals surface area contributed by atoms with Crippen molar-refractivity contribution in [3.05, 3.63) is 75.8 Å². The van der Waals surface area contributed by atoms with E-state index in [0.29, 0.717) is 19.7 Å². The number of hydrogen-bond donors (Lipinski definition) is 2. The first kappa shape index (κ1) is 28.9. The molecule has 0 aliphatic carbocycles. The van der Waals surface area contributed by atoms with Crippen molar-refractivity contribution >= 4 is 29.2 Å². The molecule has 0 spiro atoms. The maximum Gasteiger partial charge on any atom is 0.357 e. The summed E-state index contributed by atoms with van der Waals surface area (Å²) in [6.45, 7) is 4.72. The Kier molecular flexibility index (Phi) is 9.26. The van der Waals surface area contributed by atoms with E-state index in [1.807, 2.05) is 6.07 Å². The summed E-state index contributed by atoms with van der Waals surface area (Å²) in [6.07, 6.45) is 1.12. The number of ether oxygens (including phenoxy) is 3. The van der Waals surface area contributed by atoms with Crippen molar-refractivity contribution < 1.29 is 28.2 Å². The van der Waals surface area contributed by atoms with Crippen molar-refractivity contribution in [3.63, 3.8) is 0 Å². The summed E-state index contributed by atoms with van der Waals surface area (Å²) in [7, 11) is 1.20. The summed E-state index contributed by atoms with van der Waals surface area (Å²) in [4.78, 5) is 27.8. The number of hydrogen-bond acceptors (Lipinski definition) is 8. The van der Waals surface area contributed by atoms with Gasteiger partial charge in [-0.3, -0.25) is 9.69 Å². The molecule has 1 aromatic heterocycles. The number of aromatic nitrogens is 1. The molecule has 4 rings (SSSR count). The van der Waals surface area contributed by atoms with Crippen LogP contribution in [0.1, 0.15) is 38.9 Å². The number of morpholine rings is 1. The molecular weight excluding hydrogens is 541 g/mol. The van der Waals surface area contributed by atoms with Crippen LogP contribution in [-0.2, 0) is 16.0 Å². The Morgan fingerprint density at radius 1 is 1.30 bits per heavy atom. The van der Waals surface area contributed by atoms with Gasteiger partial charge in [0.15, 0.2) is 5.69 Å². The third kappa shape index (κ3) is 6.37. The molecule has 2 aromatic carbocycles. The Labute approximate surface area is 236 Å². The van der Waals surface area contributed by atoms with E-state index in [-0.39, 0.29) is 64.0 Å². The van der Waals surface area contributed by atoms with Crippen LogP contribution in [0.2, 0.25) is 5.02 Å². The molecule has 1 aliphatic heterocycles. The van der Waals surface area contributed by atoms with Crippen LogP contribution in [-0.4, -0.2) is 67.4 Å². The number of nitrogens with two attached hydrogens (primary N) is 1. The third-order valence-electron chi connectivity index (χ3n) is 6.43. The van der Waals surface area contributed by atoms with Crippen LogP contribution < -0.4 is 15.8 Å². The minimum Gasteiger partial charge on any atom is -0.493 e. The fourth-order valence-electron chi connectivity index (χ4n) is 4.48. The average molecular weight is 570 g/mol. The summed E-state index contributed by atoms with van der Waals surface area (Å²) in [5.74, 6) is -1.23. The normalized spacial score (nSPS) is 15.3. The highest BCUT2D eigenvalue weighted by atomic mass is 35.5. The molecule has 3 N–H and O–H groups in total. The highest BCUT2D eigenvalue weighted by molar-refractivity contribution is 6.33. The number of nitrogen functional groups attached to an aromatic ring is 1. The number of anilines is 1. The topological polar surface area (TPSA) is 132 Å². The highest BCUT2D eigenvalue weighted by Crippen LogP contribution is 2.34. The number of carbonyl (C=O) groups is 2. The van der Waals surface area contributed by atoms with Crippen LogP contribution in [0.4, 0.5) is 10.1 Å². The number of rotatable bonds is 9. The Morgan fingerprint density at radius 2 is 2.05 bits per heavy atom. The van der Waals surface area contributed by atoms with Crippen LogP contribution in [0.3, 0.4) is 0 Å². The second kappa shape index (κ2) is 12.8. The largest absolute Gasteiger partial charge is 0.493 e. The molecule has 0 saturated carbocycles. The highest BCUT2D eigenvalue weighted by Gasteiger charge is 2.26. The first-order valence-electron chi connectivity index (χ1n) is 12.6. The van der Waals surface area contributed by atoms with Crippen LogP contribution in [0.15, 0.2) is 42.6 Å². The zero-order valence-electron chi connectivity index (χ0n) is 22.1. The lowest BCUT2D eigenvalue weighted by atomic mass is 10.1. The maximum absolute atomic E-state index is 13.2. The number of nitriles is 1. The fraction of sp³-hybridized carbons (Fsp3) is 0.321. The van der Waals surface area contributed by atoms with Gasteiger partial charge in [-0.1, -0.05) is 23.7 Å². The predicted molar refractivity (Wildman–Crippen MR) is 146 cm³/mol. The Balaban J connectivity index is 1.51. The number of methoxy groups -OCH3 is 1. The molecule has 12 heteroatoms. The number of amides is 1. The number of benzene rings is 2. The molecule has 0 bridgehead atoms. The molecule has 40 heavy (non-hydrogen) atoms. The number of carbonyl (C=O) groups excluding carboxylic acids is 2. The number of esters is 1. The van der Waals surface area contributed by atoms with E-state index in [2.05, 4.69) is 10.2 Å². The molecule has 2 heterocycles. The van der Waals surface area contributed by atoms with Crippen molar-refractivity contribution in [3.8, 4) is 17.5 Å². The molecule has 0 radical (unpaired) electrons. The molecule has 1 fully saturated rings. The van der Waals surface area contributed by atoms with Crippen molar-refractivity contribution in [2.75, 3.05) is 45.7 Å². The first-order chi connectivity index (χ1) is 19.2. The summed E-state index contributed by atoms with van der Waals surface area (Å²) < 4.78 is 31.0. The van der Waals surface area contributed by atoms with Crippen LogP contribution >= 0.6 is 11.6 Å². The minimum absolute atomic E-state index is 0.0499. The van der Waals surface area contributed by atoms with Gasteiger partial charge in [0.1, 0.15) is 17.6 Å². The third-order valence-corrected chi connectivity index (χ3v) is 6.73. The van der Waals surface area contributed by atoms with E-state index in [1.165, 1.54) is 42.1 Å². The lowest BCUT2D eigenvalue weighted by Crippen LogP contribution is -2.47. The monoisotopic (exact) mass is 569 g/mol. The Morgan fingerprint density at radius 3 is 2.73 bits per heavy atom. The Bertz CT molecular complexity index is 1440.